The Labute approximate surface area is 169 Å². The highest BCUT2D eigenvalue weighted by molar-refractivity contribution is 5.83. The highest BCUT2D eigenvalue weighted by Crippen LogP contribution is 2.29. The molecule has 2 N–H and O–H groups in total. The molecule has 1 aromatic heterocycles. The van der Waals surface area contributed by atoms with Crippen LogP contribution in [0.15, 0.2) is 27.4 Å². The molecule has 1 aliphatic carbocycles. The largest absolute Gasteiger partial charge is 0.481 e. The minimum absolute atomic E-state index is 0.148. The molecule has 0 saturated heterocycles. The average molecular weight is 401 g/mol. The number of benzene rings is 1. The third-order valence-corrected chi connectivity index (χ3v) is 5.24. The number of hydrogen-bond donors (Lipinski definition) is 2. The van der Waals surface area contributed by atoms with Crippen molar-refractivity contribution in [3.63, 3.8) is 0 Å². The van der Waals surface area contributed by atoms with E-state index in [4.69, 9.17) is 14.3 Å². The summed E-state index contributed by atoms with van der Waals surface area (Å²) < 4.78 is 11.2. The number of carboxylic acid groups (broad SMARTS) is 1. The number of carbonyl (C=O) groups is 2. The number of unbranched alkanes of at least 4 members (excludes halogenated alkanes) is 2. The first-order chi connectivity index (χ1) is 14.0. The monoisotopic (exact) mass is 401 g/mol. The Morgan fingerprint density at radius 2 is 1.93 bits per heavy atom. The van der Waals surface area contributed by atoms with E-state index in [1.54, 1.807) is 19.1 Å². The summed E-state index contributed by atoms with van der Waals surface area (Å²) in [4.78, 5) is 34.9. The summed E-state index contributed by atoms with van der Waals surface area (Å²) in [6.45, 7) is 2.14. The molecule has 7 heteroatoms. The van der Waals surface area contributed by atoms with Gasteiger partial charge in [-0.3, -0.25) is 9.59 Å². The lowest BCUT2D eigenvalue weighted by Gasteiger charge is -2.17. The number of rotatable bonds is 9. The summed E-state index contributed by atoms with van der Waals surface area (Å²) in [5, 5.41) is 12.3. The van der Waals surface area contributed by atoms with Crippen LogP contribution in [0.2, 0.25) is 0 Å². The second-order valence-corrected chi connectivity index (χ2v) is 7.47. The fraction of sp³-hybridized carbons (Fsp3) is 0.500. The van der Waals surface area contributed by atoms with Crippen LogP contribution in [0.3, 0.4) is 0 Å². The molecule has 0 radical (unpaired) electrons. The maximum Gasteiger partial charge on any atom is 0.339 e. The van der Waals surface area contributed by atoms with Crippen molar-refractivity contribution in [2.24, 2.45) is 0 Å². The topological polar surface area (TPSA) is 106 Å². The Morgan fingerprint density at radius 1 is 1.17 bits per heavy atom. The summed E-state index contributed by atoms with van der Waals surface area (Å²) in [7, 11) is 0. The van der Waals surface area contributed by atoms with Crippen LogP contribution in [0.25, 0.3) is 11.0 Å². The molecule has 29 heavy (non-hydrogen) atoms. The van der Waals surface area contributed by atoms with Gasteiger partial charge in [-0.2, -0.15) is 0 Å². The van der Waals surface area contributed by atoms with E-state index in [0.717, 1.165) is 55.0 Å². The third-order valence-electron chi connectivity index (χ3n) is 5.24. The first-order valence-electron chi connectivity index (χ1n) is 10.2. The number of fused-ring (bicyclic) bond motifs is 3. The lowest BCUT2D eigenvalue weighted by Crippen LogP contribution is -2.36. The number of hydrogen-bond acceptors (Lipinski definition) is 5. The van der Waals surface area contributed by atoms with Crippen LogP contribution in [0, 0.1) is 0 Å². The van der Waals surface area contributed by atoms with Crippen molar-refractivity contribution in [1.82, 2.24) is 5.32 Å². The van der Waals surface area contributed by atoms with Gasteiger partial charge in [-0.1, -0.05) is 6.42 Å². The van der Waals surface area contributed by atoms with Crippen molar-refractivity contribution in [3.05, 3.63) is 39.7 Å². The summed E-state index contributed by atoms with van der Waals surface area (Å²) in [6.07, 6.45) is 5.23. The number of carboxylic acids is 1. The Morgan fingerprint density at radius 3 is 2.69 bits per heavy atom. The molecule has 0 fully saturated rings. The molecular weight excluding hydrogens is 374 g/mol. The van der Waals surface area contributed by atoms with Crippen molar-refractivity contribution in [1.29, 1.82) is 0 Å². The highest BCUT2D eigenvalue weighted by atomic mass is 16.5. The van der Waals surface area contributed by atoms with E-state index in [1.807, 2.05) is 6.07 Å². The van der Waals surface area contributed by atoms with Gasteiger partial charge in [0.25, 0.3) is 5.91 Å². The first kappa shape index (κ1) is 20.9. The molecule has 1 atom stereocenters. The molecule has 1 aromatic carbocycles. The van der Waals surface area contributed by atoms with E-state index in [2.05, 4.69) is 5.32 Å². The summed E-state index contributed by atoms with van der Waals surface area (Å²) in [5.74, 6) is -0.571. The molecular formula is C22H27NO6. The Kier molecular flexibility index (Phi) is 6.90. The minimum atomic E-state index is -0.803. The zero-order valence-electron chi connectivity index (χ0n) is 16.7. The molecule has 156 valence electrons. The van der Waals surface area contributed by atoms with Crippen molar-refractivity contribution in [2.45, 2.75) is 64.4 Å². The predicted molar refractivity (Wildman–Crippen MR) is 108 cm³/mol. The lowest BCUT2D eigenvalue weighted by molar-refractivity contribution is -0.137. The van der Waals surface area contributed by atoms with E-state index in [0.29, 0.717) is 24.3 Å². The van der Waals surface area contributed by atoms with E-state index in [1.165, 1.54) is 0 Å². The highest BCUT2D eigenvalue weighted by Gasteiger charge is 2.19. The smallest absolute Gasteiger partial charge is 0.339 e. The zero-order chi connectivity index (χ0) is 20.8. The molecule has 0 saturated carbocycles. The maximum atomic E-state index is 12.2. The second-order valence-electron chi connectivity index (χ2n) is 7.47. The molecule has 0 aliphatic heterocycles. The zero-order valence-corrected chi connectivity index (χ0v) is 16.7. The van der Waals surface area contributed by atoms with Gasteiger partial charge in [-0.25, -0.2) is 4.79 Å². The first-order valence-corrected chi connectivity index (χ1v) is 10.2. The number of nitrogens with one attached hydrogen (secondary N) is 1. The van der Waals surface area contributed by atoms with Crippen molar-refractivity contribution in [2.75, 3.05) is 6.54 Å². The predicted octanol–water partition coefficient (Wildman–Crippen LogP) is 3.20. The third kappa shape index (κ3) is 5.37. The van der Waals surface area contributed by atoms with Crippen LogP contribution >= 0.6 is 0 Å². The van der Waals surface area contributed by atoms with Crippen molar-refractivity contribution < 1.29 is 23.8 Å². The molecule has 1 aliphatic rings. The van der Waals surface area contributed by atoms with Gasteiger partial charge in [-0.05, 0) is 63.1 Å². The molecule has 1 amide bonds. The molecule has 7 nitrogen and oxygen atoms in total. The van der Waals surface area contributed by atoms with Crippen LogP contribution in [-0.4, -0.2) is 29.6 Å². The molecule has 1 heterocycles. The van der Waals surface area contributed by atoms with Gasteiger partial charge in [-0.15, -0.1) is 0 Å². The van der Waals surface area contributed by atoms with Crippen LogP contribution < -0.4 is 15.7 Å². The fourth-order valence-electron chi connectivity index (χ4n) is 3.69. The fourth-order valence-corrected chi connectivity index (χ4v) is 3.69. The lowest BCUT2D eigenvalue weighted by atomic mass is 9.91. The minimum Gasteiger partial charge on any atom is -0.481 e. The molecule has 1 unspecified atom stereocenters. The quantitative estimate of drug-likeness (QED) is 0.494. The van der Waals surface area contributed by atoms with Crippen molar-refractivity contribution in [3.8, 4) is 5.75 Å². The van der Waals surface area contributed by atoms with Crippen LogP contribution in [0.5, 0.6) is 5.75 Å². The number of ether oxygens (including phenoxy) is 1. The number of carbonyl (C=O) groups excluding carboxylic acids is 1. The number of aryl methyl sites for hydroxylation is 1. The van der Waals surface area contributed by atoms with E-state index in [-0.39, 0.29) is 18.0 Å². The van der Waals surface area contributed by atoms with Crippen molar-refractivity contribution >= 4 is 22.8 Å². The van der Waals surface area contributed by atoms with Gasteiger partial charge in [0.05, 0.1) is 0 Å². The standard InChI is InChI=1S/C22H27NO6/c1-14(21(26)23-12-6-2-3-9-20(24)25)28-15-10-11-17-16-7-4-5-8-18(16)22(27)29-19(17)13-15/h10-11,13-14H,2-9,12H2,1H3,(H,23,26)(H,24,25). The van der Waals surface area contributed by atoms with Gasteiger partial charge >= 0.3 is 11.6 Å². The Bertz CT molecular complexity index is 948. The Hall–Kier alpha value is -2.83. The maximum absolute atomic E-state index is 12.2. The van der Waals surface area contributed by atoms with E-state index < -0.39 is 12.1 Å². The number of amides is 1. The van der Waals surface area contributed by atoms with Crippen LogP contribution in [0.1, 0.15) is 56.6 Å². The number of aliphatic carboxylic acids is 1. The SMILES string of the molecule is CC(Oc1ccc2c3c(c(=O)oc2c1)CCCC3)C(=O)NCCCCCC(=O)O. The molecule has 3 rings (SSSR count). The Balaban J connectivity index is 1.57. The van der Waals surface area contributed by atoms with Gasteiger partial charge in [0.2, 0.25) is 0 Å². The van der Waals surface area contributed by atoms with Gasteiger partial charge in [0.1, 0.15) is 11.3 Å². The van der Waals surface area contributed by atoms with Crippen LogP contribution in [-0.2, 0) is 22.4 Å². The molecule has 0 bridgehead atoms. The second kappa shape index (κ2) is 9.58. The van der Waals surface area contributed by atoms with E-state index >= 15 is 0 Å². The summed E-state index contributed by atoms with van der Waals surface area (Å²) in [6, 6.07) is 5.36. The average Bonchev–Trinajstić information content (AvgIpc) is 2.70. The van der Waals surface area contributed by atoms with Crippen LogP contribution in [0.4, 0.5) is 0 Å². The van der Waals surface area contributed by atoms with E-state index in [9.17, 15) is 14.4 Å². The summed E-state index contributed by atoms with van der Waals surface area (Å²) >= 11 is 0. The van der Waals surface area contributed by atoms with Gasteiger partial charge in [0, 0.05) is 30.0 Å². The van der Waals surface area contributed by atoms with Gasteiger partial charge in [0.15, 0.2) is 6.10 Å². The van der Waals surface area contributed by atoms with Gasteiger partial charge < -0.3 is 19.6 Å². The normalized spacial score (nSPS) is 14.2. The molecule has 2 aromatic rings. The molecule has 0 spiro atoms. The summed E-state index contributed by atoms with van der Waals surface area (Å²) in [5.41, 5.74) is 2.06.